The van der Waals surface area contributed by atoms with Crippen LogP contribution in [0.3, 0.4) is 0 Å². The first kappa shape index (κ1) is 23.6. The summed E-state index contributed by atoms with van der Waals surface area (Å²) in [5.74, 6) is -0.244. The number of carbonyl (C=O) groups excluding carboxylic acids is 2. The second-order valence-electron chi connectivity index (χ2n) is 8.68. The SMILES string of the molecule is CC[C@@H]1CCCCN1CCCNC(=O)CN1C(=O)/C(=C/c2ccccc2)Sc2ccccc21. The predicted molar refractivity (Wildman–Crippen MR) is 136 cm³/mol. The highest BCUT2D eigenvalue weighted by molar-refractivity contribution is 8.04. The summed E-state index contributed by atoms with van der Waals surface area (Å²) in [5.41, 5.74) is 1.77. The number of nitrogens with zero attached hydrogens (tertiary/aromatic N) is 2. The number of piperidine rings is 1. The van der Waals surface area contributed by atoms with Crippen LogP contribution in [-0.2, 0) is 9.59 Å². The van der Waals surface area contributed by atoms with Crippen molar-refractivity contribution in [3.05, 3.63) is 65.1 Å². The van der Waals surface area contributed by atoms with Gasteiger partial charge in [-0.05, 0) is 56.0 Å². The molecule has 0 unspecified atom stereocenters. The molecule has 2 aliphatic rings. The number of likely N-dealkylation sites (tertiary alicyclic amines) is 1. The Morgan fingerprint density at radius 1 is 1.12 bits per heavy atom. The predicted octanol–water partition coefficient (Wildman–Crippen LogP) is 4.94. The summed E-state index contributed by atoms with van der Waals surface area (Å²) >= 11 is 1.46. The van der Waals surface area contributed by atoms with Gasteiger partial charge in [0, 0.05) is 24.0 Å². The lowest BCUT2D eigenvalue weighted by Gasteiger charge is -2.35. The van der Waals surface area contributed by atoms with Crippen molar-refractivity contribution in [3.63, 3.8) is 0 Å². The Hall–Kier alpha value is -2.57. The van der Waals surface area contributed by atoms with Crippen molar-refractivity contribution in [2.24, 2.45) is 0 Å². The maximum Gasteiger partial charge on any atom is 0.265 e. The topological polar surface area (TPSA) is 52.7 Å². The molecule has 0 spiro atoms. The summed E-state index contributed by atoms with van der Waals surface area (Å²) in [6, 6.07) is 18.3. The number of amides is 2. The van der Waals surface area contributed by atoms with E-state index in [2.05, 4.69) is 17.1 Å². The van der Waals surface area contributed by atoms with Gasteiger partial charge in [-0.3, -0.25) is 14.5 Å². The number of benzene rings is 2. The van der Waals surface area contributed by atoms with Gasteiger partial charge in [0.2, 0.25) is 5.91 Å². The van der Waals surface area contributed by atoms with Crippen molar-refractivity contribution in [2.75, 3.05) is 31.1 Å². The molecule has 1 saturated heterocycles. The molecule has 4 rings (SSSR count). The fourth-order valence-electron chi connectivity index (χ4n) is 4.65. The number of hydrogen-bond acceptors (Lipinski definition) is 4. The standard InChI is InChI=1S/C27H33N3O2S/c1-2-22-13-8-9-17-29(22)18-10-16-28-26(31)20-30-23-14-6-7-15-24(23)33-25(27(30)32)19-21-11-4-3-5-12-21/h3-7,11-12,14-15,19,22H,2,8-10,13,16-18,20H2,1H3,(H,28,31)/b25-19-/t22-/m1/s1. The second kappa shape index (κ2) is 11.5. The Morgan fingerprint density at radius 3 is 2.73 bits per heavy atom. The zero-order valence-electron chi connectivity index (χ0n) is 19.3. The highest BCUT2D eigenvalue weighted by Crippen LogP contribution is 2.41. The second-order valence-corrected chi connectivity index (χ2v) is 9.76. The Labute approximate surface area is 201 Å². The molecule has 2 aromatic rings. The minimum absolute atomic E-state index is 0.0316. The van der Waals surface area contributed by atoms with E-state index in [0.29, 0.717) is 17.5 Å². The lowest BCUT2D eigenvalue weighted by Crippen LogP contribution is -2.44. The van der Waals surface area contributed by atoms with Crippen molar-refractivity contribution < 1.29 is 9.59 Å². The molecule has 2 aromatic carbocycles. The van der Waals surface area contributed by atoms with E-state index in [1.165, 1.54) is 44.0 Å². The first-order valence-electron chi connectivity index (χ1n) is 12.0. The van der Waals surface area contributed by atoms with E-state index in [1.807, 2.05) is 60.7 Å². The van der Waals surface area contributed by atoms with E-state index < -0.39 is 0 Å². The van der Waals surface area contributed by atoms with Gasteiger partial charge in [-0.25, -0.2) is 0 Å². The van der Waals surface area contributed by atoms with Crippen LogP contribution in [0.4, 0.5) is 5.69 Å². The molecule has 1 N–H and O–H groups in total. The monoisotopic (exact) mass is 463 g/mol. The molecular formula is C27H33N3O2S. The maximum atomic E-state index is 13.3. The molecule has 0 saturated carbocycles. The zero-order valence-corrected chi connectivity index (χ0v) is 20.2. The van der Waals surface area contributed by atoms with Crippen molar-refractivity contribution >= 4 is 35.3 Å². The van der Waals surface area contributed by atoms with Crippen LogP contribution in [0.15, 0.2) is 64.4 Å². The van der Waals surface area contributed by atoms with Crippen molar-refractivity contribution in [2.45, 2.75) is 50.0 Å². The van der Waals surface area contributed by atoms with Crippen LogP contribution in [0, 0.1) is 0 Å². The molecule has 0 bridgehead atoms. The van der Waals surface area contributed by atoms with Gasteiger partial charge >= 0.3 is 0 Å². The van der Waals surface area contributed by atoms with Crippen LogP contribution in [0.5, 0.6) is 0 Å². The first-order valence-corrected chi connectivity index (χ1v) is 12.8. The third-order valence-electron chi connectivity index (χ3n) is 6.40. The minimum atomic E-state index is -0.128. The zero-order chi connectivity index (χ0) is 23.0. The smallest absolute Gasteiger partial charge is 0.265 e. The van der Waals surface area contributed by atoms with E-state index in [-0.39, 0.29) is 18.4 Å². The van der Waals surface area contributed by atoms with E-state index >= 15 is 0 Å². The van der Waals surface area contributed by atoms with E-state index in [0.717, 1.165) is 29.1 Å². The normalized spacial score (nSPS) is 20.0. The molecular weight excluding hydrogens is 430 g/mol. The molecule has 2 amide bonds. The fraction of sp³-hybridized carbons (Fsp3) is 0.407. The molecule has 1 fully saturated rings. The first-order chi connectivity index (χ1) is 16.2. The number of nitrogens with one attached hydrogen (secondary N) is 1. The largest absolute Gasteiger partial charge is 0.355 e. The van der Waals surface area contributed by atoms with E-state index in [4.69, 9.17) is 0 Å². The molecule has 5 nitrogen and oxygen atoms in total. The fourth-order valence-corrected chi connectivity index (χ4v) is 5.70. The third kappa shape index (κ3) is 6.06. The summed E-state index contributed by atoms with van der Waals surface area (Å²) in [4.78, 5) is 31.8. The molecule has 1 atom stereocenters. The van der Waals surface area contributed by atoms with Crippen molar-refractivity contribution in [1.82, 2.24) is 10.2 Å². The van der Waals surface area contributed by atoms with Gasteiger partial charge in [-0.2, -0.15) is 0 Å². The summed E-state index contributed by atoms with van der Waals surface area (Å²) in [6.07, 6.45) is 7.92. The summed E-state index contributed by atoms with van der Waals surface area (Å²) < 4.78 is 0. The van der Waals surface area contributed by atoms with Crippen LogP contribution < -0.4 is 10.2 Å². The van der Waals surface area contributed by atoms with Crippen molar-refractivity contribution in [3.8, 4) is 0 Å². The Kier molecular flexibility index (Phi) is 8.24. The number of carbonyl (C=O) groups is 2. The van der Waals surface area contributed by atoms with Crippen LogP contribution in [0.1, 0.15) is 44.6 Å². The summed E-state index contributed by atoms with van der Waals surface area (Å²) in [6.45, 7) is 5.11. The molecule has 0 radical (unpaired) electrons. The average Bonchev–Trinajstić information content (AvgIpc) is 2.85. The maximum absolute atomic E-state index is 13.3. The van der Waals surface area contributed by atoms with Crippen LogP contribution >= 0.6 is 11.8 Å². The highest BCUT2D eigenvalue weighted by Gasteiger charge is 2.30. The number of anilines is 1. The van der Waals surface area contributed by atoms with Gasteiger partial charge in [0.25, 0.3) is 5.91 Å². The molecule has 2 heterocycles. The van der Waals surface area contributed by atoms with Crippen LogP contribution in [-0.4, -0.2) is 48.9 Å². The van der Waals surface area contributed by atoms with E-state index in [9.17, 15) is 9.59 Å². The average molecular weight is 464 g/mol. The number of hydrogen-bond donors (Lipinski definition) is 1. The molecule has 33 heavy (non-hydrogen) atoms. The van der Waals surface area contributed by atoms with Gasteiger partial charge in [-0.15, -0.1) is 0 Å². The number of rotatable bonds is 8. The number of thioether (sulfide) groups is 1. The van der Waals surface area contributed by atoms with Crippen LogP contribution in [0.25, 0.3) is 6.08 Å². The van der Waals surface area contributed by atoms with Gasteiger partial charge in [-0.1, -0.05) is 67.6 Å². The molecule has 6 heteroatoms. The molecule has 2 aliphatic heterocycles. The summed E-state index contributed by atoms with van der Waals surface area (Å²) in [5, 5.41) is 3.03. The molecule has 174 valence electrons. The number of para-hydroxylation sites is 1. The Bertz CT molecular complexity index is 992. The van der Waals surface area contributed by atoms with Crippen LogP contribution in [0.2, 0.25) is 0 Å². The van der Waals surface area contributed by atoms with E-state index in [1.54, 1.807) is 4.90 Å². The Morgan fingerprint density at radius 2 is 1.91 bits per heavy atom. The molecule has 0 aliphatic carbocycles. The highest BCUT2D eigenvalue weighted by atomic mass is 32.2. The quantitative estimate of drug-likeness (QED) is 0.445. The van der Waals surface area contributed by atoms with Gasteiger partial charge in [0.1, 0.15) is 6.54 Å². The number of fused-ring (bicyclic) bond motifs is 1. The van der Waals surface area contributed by atoms with Crippen molar-refractivity contribution in [1.29, 1.82) is 0 Å². The van der Waals surface area contributed by atoms with Gasteiger partial charge in [0.15, 0.2) is 0 Å². The lowest BCUT2D eigenvalue weighted by molar-refractivity contribution is -0.122. The van der Waals surface area contributed by atoms with Gasteiger partial charge < -0.3 is 10.2 Å². The Balaban J connectivity index is 1.37. The summed E-state index contributed by atoms with van der Waals surface area (Å²) in [7, 11) is 0. The molecule has 0 aromatic heterocycles. The third-order valence-corrected chi connectivity index (χ3v) is 7.47. The van der Waals surface area contributed by atoms with Gasteiger partial charge in [0.05, 0.1) is 10.6 Å². The minimum Gasteiger partial charge on any atom is -0.355 e. The lowest BCUT2D eigenvalue weighted by atomic mass is 10.00.